The average Bonchev–Trinajstić information content (AvgIpc) is 3.36. The molecule has 2 heterocycles. The molecular weight excluding hydrogens is 510 g/mol. The normalized spacial score (nSPS) is 12.0. The summed E-state index contributed by atoms with van der Waals surface area (Å²) in [5, 5.41) is 2.54. The number of fused-ring (bicyclic) bond motifs is 3. The number of aryl methyl sites for hydroxylation is 1. The van der Waals surface area contributed by atoms with E-state index >= 15 is 0 Å². The molecule has 206 valence electrons. The van der Waals surface area contributed by atoms with Crippen LogP contribution in [0.5, 0.6) is 0 Å². The molecule has 0 amide bonds. The topological polar surface area (TPSA) is 21.2 Å². The summed E-state index contributed by atoms with van der Waals surface area (Å²) in [7, 11) is 0. The van der Waals surface area contributed by atoms with Crippen molar-refractivity contribution in [3.8, 4) is 16.9 Å². The Hall–Kier alpha value is -5.02. The van der Waals surface area contributed by atoms with Crippen molar-refractivity contribution in [1.29, 1.82) is 0 Å². The highest BCUT2D eigenvalue weighted by Gasteiger charge is 2.20. The van der Waals surface area contributed by atoms with E-state index in [-0.39, 0.29) is 0 Å². The van der Waals surface area contributed by atoms with Gasteiger partial charge in [-0.05, 0) is 60.9 Å². The molecule has 0 aliphatic heterocycles. The van der Waals surface area contributed by atoms with Crippen LogP contribution in [0.1, 0.15) is 37.0 Å². The van der Waals surface area contributed by atoms with Gasteiger partial charge in [0.2, 0.25) is 5.69 Å². The summed E-state index contributed by atoms with van der Waals surface area (Å²) in [4.78, 5) is 4.60. The zero-order valence-corrected chi connectivity index (χ0v) is 24.4. The number of aromatic nitrogens is 2. The zero-order chi connectivity index (χ0) is 28.9. The maximum Gasteiger partial charge on any atom is 0.212 e. The molecule has 4 aromatic carbocycles. The van der Waals surface area contributed by atoms with Crippen LogP contribution in [0, 0.1) is 0 Å². The van der Waals surface area contributed by atoms with Gasteiger partial charge >= 0.3 is 0 Å². The number of hydrogen-bond acceptors (Lipinski definition) is 1. The van der Waals surface area contributed by atoms with E-state index in [0.717, 1.165) is 36.3 Å². The van der Waals surface area contributed by atoms with Crippen LogP contribution in [0.25, 0.3) is 38.8 Å². The average molecular weight is 547 g/mol. The first kappa shape index (κ1) is 27.2. The Morgan fingerprint density at radius 2 is 1.50 bits per heavy atom. The van der Waals surface area contributed by atoms with Gasteiger partial charge in [0.15, 0.2) is 6.20 Å². The van der Waals surface area contributed by atoms with Crippen molar-refractivity contribution in [2.75, 3.05) is 0 Å². The van der Waals surface area contributed by atoms with Gasteiger partial charge in [0, 0.05) is 46.8 Å². The lowest BCUT2D eigenvalue weighted by Gasteiger charge is -2.16. The molecule has 6 rings (SSSR count). The zero-order valence-electron chi connectivity index (χ0n) is 24.4. The molecule has 3 heteroatoms. The monoisotopic (exact) mass is 546 g/mol. The maximum absolute atomic E-state index is 4.60. The van der Waals surface area contributed by atoms with Gasteiger partial charge in [-0.25, -0.2) is 0 Å². The van der Waals surface area contributed by atoms with Gasteiger partial charge in [0.25, 0.3) is 0 Å². The van der Waals surface area contributed by atoms with Crippen LogP contribution in [-0.4, -0.2) is 10.3 Å². The van der Waals surface area contributed by atoms with Crippen molar-refractivity contribution in [2.45, 2.75) is 33.2 Å². The number of rotatable bonds is 9. The third kappa shape index (κ3) is 5.10. The van der Waals surface area contributed by atoms with E-state index in [2.05, 4.69) is 149 Å². The Bertz CT molecular complexity index is 1900. The number of hydrogen-bond donors (Lipinski definition) is 0. The first-order chi connectivity index (χ1) is 20.7. The van der Waals surface area contributed by atoms with Crippen molar-refractivity contribution in [3.63, 3.8) is 0 Å². The lowest BCUT2D eigenvalue weighted by molar-refractivity contribution is -0.686. The lowest BCUT2D eigenvalue weighted by atomic mass is 9.92. The van der Waals surface area contributed by atoms with Gasteiger partial charge in [-0.2, -0.15) is 4.57 Å². The van der Waals surface area contributed by atoms with Crippen LogP contribution >= 0.6 is 0 Å². The summed E-state index contributed by atoms with van der Waals surface area (Å²) in [5.74, 6) is 0. The Morgan fingerprint density at radius 3 is 2.21 bits per heavy atom. The van der Waals surface area contributed by atoms with Gasteiger partial charge in [-0.1, -0.05) is 86.3 Å². The highest BCUT2D eigenvalue weighted by atomic mass is 15.0. The van der Waals surface area contributed by atoms with Crippen LogP contribution in [-0.2, 0) is 13.0 Å². The SMILES string of the molecule is C=C/N=C(\C=C/C)c1ccccc1Cc1ccc(-n2c3ccccc3c3ccccc32)cc1-c1cccc[n+]1CCC. The molecule has 0 saturated heterocycles. The van der Waals surface area contributed by atoms with E-state index in [4.69, 9.17) is 0 Å². The largest absolute Gasteiger partial charge is 0.309 e. The number of aliphatic imine (C=N–C) groups is 1. The fourth-order valence-electron chi connectivity index (χ4n) is 6.04. The predicted molar refractivity (Wildman–Crippen MR) is 177 cm³/mol. The fraction of sp³-hybridized carbons (Fsp3) is 0.128. The van der Waals surface area contributed by atoms with Gasteiger partial charge in [-0.3, -0.25) is 4.99 Å². The molecule has 2 aromatic heterocycles. The van der Waals surface area contributed by atoms with E-state index in [1.807, 2.05) is 13.0 Å². The molecule has 0 radical (unpaired) electrons. The highest BCUT2D eigenvalue weighted by molar-refractivity contribution is 6.10. The van der Waals surface area contributed by atoms with E-state index in [0.29, 0.717) is 0 Å². The number of nitrogens with zero attached hydrogens (tertiary/aromatic N) is 3. The standard InChI is InChI=1S/C39H36N3/c1-4-15-36(40-6-3)32-17-8-7-16-29(32)27-30-23-24-31(28-35(30)37-20-13-14-26-41(37)25-5-2)42-38-21-11-9-18-33(38)34-19-10-12-22-39(34)42/h4,6-24,26,28H,3,5,25,27H2,1-2H3/q+1/b15-4-,40-36+. The molecule has 0 unspecified atom stereocenters. The van der Waals surface area contributed by atoms with Crippen molar-refractivity contribution in [1.82, 2.24) is 4.57 Å². The second kappa shape index (κ2) is 12.2. The Balaban J connectivity index is 1.58. The summed E-state index contributed by atoms with van der Waals surface area (Å²) >= 11 is 0. The van der Waals surface area contributed by atoms with Gasteiger partial charge in [0.1, 0.15) is 6.54 Å². The van der Waals surface area contributed by atoms with Crippen LogP contribution in [0.4, 0.5) is 0 Å². The number of para-hydroxylation sites is 2. The second-order valence-corrected chi connectivity index (χ2v) is 10.5. The summed E-state index contributed by atoms with van der Waals surface area (Å²) < 4.78 is 4.78. The van der Waals surface area contributed by atoms with Gasteiger partial charge in [-0.15, -0.1) is 0 Å². The number of benzene rings is 4. The van der Waals surface area contributed by atoms with E-state index < -0.39 is 0 Å². The van der Waals surface area contributed by atoms with E-state index in [9.17, 15) is 0 Å². The van der Waals surface area contributed by atoms with E-state index in [1.165, 1.54) is 44.2 Å². The van der Waals surface area contributed by atoms with Crippen molar-refractivity contribution < 1.29 is 4.57 Å². The minimum Gasteiger partial charge on any atom is -0.309 e. The van der Waals surface area contributed by atoms with Crippen LogP contribution in [0.2, 0.25) is 0 Å². The molecular formula is C39H36N3+. The van der Waals surface area contributed by atoms with Crippen molar-refractivity contribution in [2.24, 2.45) is 4.99 Å². The third-order valence-electron chi connectivity index (χ3n) is 7.84. The number of pyridine rings is 1. The molecule has 6 aromatic rings. The molecule has 3 nitrogen and oxygen atoms in total. The third-order valence-corrected chi connectivity index (χ3v) is 7.84. The highest BCUT2D eigenvalue weighted by Crippen LogP contribution is 2.34. The van der Waals surface area contributed by atoms with Gasteiger partial charge in [0.05, 0.1) is 22.3 Å². The minimum absolute atomic E-state index is 0.785. The molecule has 0 aliphatic carbocycles. The summed E-state index contributed by atoms with van der Waals surface area (Å²) in [6, 6.07) is 39.5. The Labute approximate surface area is 248 Å². The van der Waals surface area contributed by atoms with E-state index in [1.54, 1.807) is 6.20 Å². The maximum atomic E-state index is 4.60. The predicted octanol–water partition coefficient (Wildman–Crippen LogP) is 9.25. The quantitative estimate of drug-likeness (QED) is 0.127. The molecule has 42 heavy (non-hydrogen) atoms. The molecule has 0 atom stereocenters. The first-order valence-corrected chi connectivity index (χ1v) is 14.7. The minimum atomic E-state index is 0.785. The lowest BCUT2D eigenvalue weighted by Crippen LogP contribution is -2.35. The molecule has 0 fully saturated rings. The molecule has 0 saturated carbocycles. The van der Waals surface area contributed by atoms with Crippen molar-refractivity contribution >= 4 is 27.5 Å². The summed E-state index contributed by atoms with van der Waals surface area (Å²) in [6.45, 7) is 9.07. The van der Waals surface area contributed by atoms with Crippen LogP contribution in [0.3, 0.4) is 0 Å². The Morgan fingerprint density at radius 1 is 0.810 bits per heavy atom. The second-order valence-electron chi connectivity index (χ2n) is 10.5. The molecule has 0 spiro atoms. The molecule has 0 aliphatic rings. The first-order valence-electron chi connectivity index (χ1n) is 14.7. The Kier molecular flexibility index (Phi) is 7.91. The number of allylic oxidation sites excluding steroid dienone is 2. The smallest absolute Gasteiger partial charge is 0.212 e. The molecule has 0 bridgehead atoms. The van der Waals surface area contributed by atoms with Crippen LogP contribution < -0.4 is 4.57 Å². The fourth-order valence-corrected chi connectivity index (χ4v) is 6.04. The summed E-state index contributed by atoms with van der Waals surface area (Å²) in [5.41, 5.74) is 10.6. The van der Waals surface area contributed by atoms with Crippen molar-refractivity contribution in [3.05, 3.63) is 157 Å². The van der Waals surface area contributed by atoms with Gasteiger partial charge < -0.3 is 4.57 Å². The summed E-state index contributed by atoms with van der Waals surface area (Å²) in [6.07, 6.45) is 9.76. The molecule has 0 N–H and O–H groups in total. The van der Waals surface area contributed by atoms with Crippen LogP contribution in [0.15, 0.2) is 145 Å².